The highest BCUT2D eigenvalue weighted by atomic mass is 31.2. The van der Waals surface area contributed by atoms with Gasteiger partial charge in [0, 0.05) is 62.5 Å². The second-order valence-electron chi connectivity index (χ2n) is 12.4. The first kappa shape index (κ1) is 35.5. The fourth-order valence-corrected chi connectivity index (χ4v) is 7.11. The van der Waals surface area contributed by atoms with Crippen LogP contribution in [0.5, 0.6) is 23.0 Å². The van der Waals surface area contributed by atoms with Crippen LogP contribution < -0.4 is 28.7 Å². The number of fused-ring (bicyclic) bond motifs is 3. The molecular formula is C42H40N3O7P. The van der Waals surface area contributed by atoms with Gasteiger partial charge in [-0.05, 0) is 133 Å². The molecule has 7 rings (SSSR count). The highest BCUT2D eigenvalue weighted by Crippen LogP contribution is 2.43. The van der Waals surface area contributed by atoms with Crippen LogP contribution in [0.1, 0.15) is 0 Å². The number of aryl methyl sites for hydroxylation is 1. The smallest absolute Gasteiger partial charge is 0.327 e. The number of benzene rings is 6. The Balaban J connectivity index is 1.44. The Labute approximate surface area is 308 Å². The second kappa shape index (κ2) is 15.0. The Hall–Kier alpha value is -5.93. The first-order valence-electron chi connectivity index (χ1n) is 17.0. The largest absolute Gasteiger partial charge is 0.497 e. The van der Waals surface area contributed by atoms with Gasteiger partial charge in [-0.3, -0.25) is 4.57 Å². The van der Waals surface area contributed by atoms with Crippen LogP contribution in [0.25, 0.3) is 21.8 Å². The Morgan fingerprint density at radius 3 is 1.02 bits per heavy atom. The molecule has 0 bridgehead atoms. The standard InChI is InChI=1S/C42H40N3O7P/c1-49-35-15-5-29(6-16-35)44(30-7-17-36(50-2)18-8-30)33-13-23-41-39(27-33)40-28-34(14-24-42(40)43(41)25-26-53(46,47)48)45(31-9-19-37(51-3)20-10-31)32-11-21-38(52-4)22-12-32/h5-24,27-28H,25-26H2,1-4H3,(H2,46,47,48). The molecule has 2 N–H and O–H groups in total. The molecule has 0 aliphatic heterocycles. The van der Waals surface area contributed by atoms with Crippen molar-refractivity contribution in [3.05, 3.63) is 133 Å². The Morgan fingerprint density at radius 1 is 0.472 bits per heavy atom. The van der Waals surface area contributed by atoms with Gasteiger partial charge in [0.2, 0.25) is 0 Å². The van der Waals surface area contributed by atoms with Crippen LogP contribution >= 0.6 is 7.60 Å². The van der Waals surface area contributed by atoms with E-state index in [9.17, 15) is 14.4 Å². The third kappa shape index (κ3) is 7.39. The summed E-state index contributed by atoms with van der Waals surface area (Å²) in [7, 11) is 2.30. The summed E-state index contributed by atoms with van der Waals surface area (Å²) in [6.07, 6.45) is -0.289. The zero-order valence-electron chi connectivity index (χ0n) is 29.8. The summed E-state index contributed by atoms with van der Waals surface area (Å²) in [4.78, 5) is 24.1. The molecule has 11 heteroatoms. The van der Waals surface area contributed by atoms with E-state index in [0.29, 0.717) is 0 Å². The van der Waals surface area contributed by atoms with Gasteiger partial charge in [-0.15, -0.1) is 0 Å². The minimum absolute atomic E-state index is 0.143. The highest BCUT2D eigenvalue weighted by molar-refractivity contribution is 7.51. The molecule has 0 radical (unpaired) electrons. The van der Waals surface area contributed by atoms with E-state index in [1.807, 2.05) is 126 Å². The lowest BCUT2D eigenvalue weighted by atomic mass is 10.1. The summed E-state index contributed by atoms with van der Waals surface area (Å²) in [5.74, 6) is 2.99. The lowest BCUT2D eigenvalue weighted by Gasteiger charge is -2.26. The maximum Gasteiger partial charge on any atom is 0.327 e. The van der Waals surface area contributed by atoms with Gasteiger partial charge in [-0.2, -0.15) is 0 Å². The third-order valence-electron chi connectivity index (χ3n) is 9.29. The van der Waals surface area contributed by atoms with E-state index in [-0.39, 0.29) is 12.7 Å². The highest BCUT2D eigenvalue weighted by Gasteiger charge is 2.21. The maximum atomic E-state index is 12.1. The normalized spacial score (nSPS) is 11.4. The van der Waals surface area contributed by atoms with Gasteiger partial charge < -0.3 is 43.1 Å². The number of ether oxygens (including phenoxy) is 4. The van der Waals surface area contributed by atoms with E-state index in [1.165, 1.54) is 0 Å². The molecule has 0 atom stereocenters. The summed E-state index contributed by atoms with van der Waals surface area (Å²) in [6.45, 7) is 0.143. The number of aromatic nitrogens is 1. The number of anilines is 6. The average Bonchev–Trinajstić information content (AvgIpc) is 3.50. The van der Waals surface area contributed by atoms with Gasteiger partial charge in [0.25, 0.3) is 0 Å². The van der Waals surface area contributed by atoms with Crippen LogP contribution in [0, 0.1) is 0 Å². The predicted octanol–water partition coefficient (Wildman–Crippen LogP) is 9.95. The van der Waals surface area contributed by atoms with E-state index < -0.39 is 7.60 Å². The lowest BCUT2D eigenvalue weighted by molar-refractivity contribution is 0.370. The van der Waals surface area contributed by atoms with Gasteiger partial charge in [-0.25, -0.2) is 0 Å². The van der Waals surface area contributed by atoms with Crippen LogP contribution in [0.3, 0.4) is 0 Å². The fraction of sp³-hybridized carbons (Fsp3) is 0.143. The molecule has 1 aromatic heterocycles. The van der Waals surface area contributed by atoms with E-state index in [4.69, 9.17) is 18.9 Å². The predicted molar refractivity (Wildman–Crippen MR) is 212 cm³/mol. The molecule has 270 valence electrons. The minimum atomic E-state index is -4.28. The Morgan fingerprint density at radius 2 is 0.755 bits per heavy atom. The summed E-state index contributed by atoms with van der Waals surface area (Å²) in [5.41, 5.74) is 7.21. The minimum Gasteiger partial charge on any atom is -0.497 e. The van der Waals surface area contributed by atoms with E-state index in [1.54, 1.807) is 28.4 Å². The molecule has 0 aliphatic rings. The van der Waals surface area contributed by atoms with Gasteiger partial charge >= 0.3 is 7.60 Å². The number of nitrogens with zero attached hydrogens (tertiary/aromatic N) is 3. The number of hydrogen-bond acceptors (Lipinski definition) is 7. The first-order valence-corrected chi connectivity index (χ1v) is 18.8. The topological polar surface area (TPSA) is 106 Å². The van der Waals surface area contributed by atoms with Crippen molar-refractivity contribution in [2.75, 3.05) is 44.4 Å². The van der Waals surface area contributed by atoms with E-state index in [0.717, 1.165) is 78.9 Å². The molecule has 7 aromatic rings. The van der Waals surface area contributed by atoms with Crippen molar-refractivity contribution < 1.29 is 33.3 Å². The molecule has 1 heterocycles. The van der Waals surface area contributed by atoms with Crippen LogP contribution in [-0.2, 0) is 11.1 Å². The van der Waals surface area contributed by atoms with Gasteiger partial charge in [0.05, 0.1) is 34.6 Å². The molecule has 0 aliphatic carbocycles. The molecule has 0 saturated heterocycles. The summed E-state index contributed by atoms with van der Waals surface area (Å²) < 4.78 is 35.9. The molecule has 0 spiro atoms. The lowest BCUT2D eigenvalue weighted by Crippen LogP contribution is -2.10. The zero-order chi connectivity index (χ0) is 37.1. The number of hydrogen-bond donors (Lipinski definition) is 2. The second-order valence-corrected chi connectivity index (χ2v) is 14.2. The maximum absolute atomic E-state index is 12.1. The molecule has 0 fully saturated rings. The van der Waals surface area contributed by atoms with Crippen molar-refractivity contribution in [3.8, 4) is 23.0 Å². The van der Waals surface area contributed by atoms with E-state index >= 15 is 0 Å². The monoisotopic (exact) mass is 729 g/mol. The Bertz CT molecular complexity index is 2140. The van der Waals surface area contributed by atoms with Crippen molar-refractivity contribution >= 4 is 63.5 Å². The average molecular weight is 730 g/mol. The molecule has 0 unspecified atom stereocenters. The molecule has 10 nitrogen and oxygen atoms in total. The van der Waals surface area contributed by atoms with E-state index in [2.05, 4.69) is 21.9 Å². The van der Waals surface area contributed by atoms with Crippen molar-refractivity contribution in [1.82, 2.24) is 4.57 Å². The Kier molecular flexibility index (Phi) is 10.0. The summed E-state index contributed by atoms with van der Waals surface area (Å²) >= 11 is 0. The zero-order valence-corrected chi connectivity index (χ0v) is 30.7. The number of methoxy groups -OCH3 is 4. The molecule has 6 aromatic carbocycles. The van der Waals surface area contributed by atoms with Crippen molar-refractivity contribution in [2.24, 2.45) is 0 Å². The van der Waals surface area contributed by atoms with Crippen molar-refractivity contribution in [1.29, 1.82) is 0 Å². The van der Waals surface area contributed by atoms with Crippen LogP contribution in [-0.4, -0.2) is 49.0 Å². The van der Waals surface area contributed by atoms with Gasteiger partial charge in [0.1, 0.15) is 23.0 Å². The van der Waals surface area contributed by atoms with Crippen LogP contribution in [0.15, 0.2) is 133 Å². The van der Waals surface area contributed by atoms with Crippen LogP contribution in [0.4, 0.5) is 34.1 Å². The third-order valence-corrected chi connectivity index (χ3v) is 10.1. The van der Waals surface area contributed by atoms with Crippen molar-refractivity contribution in [3.63, 3.8) is 0 Å². The SMILES string of the molecule is COc1ccc(N(c2ccc(OC)cc2)c2ccc3c(c2)c2cc(N(c4ccc(OC)cc4)c4ccc(OC)cc4)ccc2n3CCP(=O)(O)O)cc1. The number of rotatable bonds is 13. The summed E-state index contributed by atoms with van der Waals surface area (Å²) in [5, 5.41) is 1.86. The van der Waals surface area contributed by atoms with Crippen molar-refractivity contribution in [2.45, 2.75) is 6.54 Å². The fourth-order valence-electron chi connectivity index (χ4n) is 6.65. The molecule has 0 saturated carbocycles. The molecular weight excluding hydrogens is 689 g/mol. The summed E-state index contributed by atoms with van der Waals surface area (Å²) in [6, 6.07) is 43.9. The van der Waals surface area contributed by atoms with Gasteiger partial charge in [-0.1, -0.05) is 0 Å². The van der Waals surface area contributed by atoms with Gasteiger partial charge in [0.15, 0.2) is 0 Å². The molecule has 53 heavy (non-hydrogen) atoms. The quantitative estimate of drug-likeness (QED) is 0.112. The molecule has 0 amide bonds. The first-order chi connectivity index (χ1) is 25.7. The van der Waals surface area contributed by atoms with Crippen LogP contribution in [0.2, 0.25) is 0 Å².